The van der Waals surface area contributed by atoms with Crippen molar-refractivity contribution in [1.29, 1.82) is 0 Å². The van der Waals surface area contributed by atoms with Crippen molar-refractivity contribution >= 4 is 11.7 Å². The van der Waals surface area contributed by atoms with Crippen LogP contribution in [-0.2, 0) is 9.59 Å². The standard InChI is InChI=1S/C11H19NO2/c1-8(6-7-9(2)13)10(14)12-11(3,4)5/h1,6-7H2,2-5H3,(H,12,14). The summed E-state index contributed by atoms with van der Waals surface area (Å²) < 4.78 is 0. The molecule has 3 heteroatoms. The summed E-state index contributed by atoms with van der Waals surface area (Å²) in [6, 6.07) is 0. The van der Waals surface area contributed by atoms with Gasteiger partial charge in [-0.3, -0.25) is 4.79 Å². The molecule has 0 aliphatic rings. The van der Waals surface area contributed by atoms with Crippen LogP contribution in [0.5, 0.6) is 0 Å². The normalized spacial score (nSPS) is 10.9. The monoisotopic (exact) mass is 197 g/mol. The molecule has 0 unspecified atom stereocenters. The Morgan fingerprint density at radius 3 is 2.07 bits per heavy atom. The number of carbonyl (C=O) groups is 2. The number of Topliss-reactive ketones (excluding diaryl/α,β-unsaturated/α-hetero) is 1. The van der Waals surface area contributed by atoms with E-state index >= 15 is 0 Å². The first-order chi connectivity index (χ1) is 6.22. The first kappa shape index (κ1) is 12.9. The summed E-state index contributed by atoms with van der Waals surface area (Å²) in [5.41, 5.74) is 0.214. The van der Waals surface area contributed by atoms with Gasteiger partial charge in [-0.15, -0.1) is 0 Å². The van der Waals surface area contributed by atoms with Crippen molar-refractivity contribution in [3.05, 3.63) is 12.2 Å². The van der Waals surface area contributed by atoms with Gasteiger partial charge < -0.3 is 10.1 Å². The zero-order valence-corrected chi connectivity index (χ0v) is 9.44. The van der Waals surface area contributed by atoms with Crippen LogP contribution >= 0.6 is 0 Å². The Morgan fingerprint density at radius 1 is 1.21 bits per heavy atom. The molecule has 0 atom stereocenters. The first-order valence-electron chi connectivity index (χ1n) is 4.72. The van der Waals surface area contributed by atoms with Crippen LogP contribution in [0.2, 0.25) is 0 Å². The van der Waals surface area contributed by atoms with E-state index in [0.717, 1.165) is 0 Å². The van der Waals surface area contributed by atoms with Gasteiger partial charge in [-0.05, 0) is 34.1 Å². The lowest BCUT2D eigenvalue weighted by Crippen LogP contribution is -2.41. The minimum Gasteiger partial charge on any atom is -0.348 e. The summed E-state index contributed by atoms with van der Waals surface area (Å²) in [6.45, 7) is 10.9. The molecule has 0 aliphatic heterocycles. The highest BCUT2D eigenvalue weighted by Gasteiger charge is 2.15. The molecule has 0 heterocycles. The number of carbonyl (C=O) groups excluding carboxylic acids is 2. The lowest BCUT2D eigenvalue weighted by molar-refractivity contribution is -0.119. The van der Waals surface area contributed by atoms with E-state index in [1.54, 1.807) is 0 Å². The highest BCUT2D eigenvalue weighted by molar-refractivity contribution is 5.93. The van der Waals surface area contributed by atoms with Crippen LogP contribution in [0.3, 0.4) is 0 Å². The lowest BCUT2D eigenvalue weighted by Gasteiger charge is -2.21. The van der Waals surface area contributed by atoms with Crippen LogP contribution in [0.15, 0.2) is 12.2 Å². The van der Waals surface area contributed by atoms with Gasteiger partial charge >= 0.3 is 0 Å². The Morgan fingerprint density at radius 2 is 1.71 bits per heavy atom. The van der Waals surface area contributed by atoms with E-state index in [-0.39, 0.29) is 17.2 Å². The molecule has 1 N–H and O–H groups in total. The summed E-state index contributed by atoms with van der Waals surface area (Å²) in [5, 5.41) is 2.79. The summed E-state index contributed by atoms with van der Waals surface area (Å²) in [4.78, 5) is 22.1. The number of hydrogen-bond acceptors (Lipinski definition) is 2. The fourth-order valence-corrected chi connectivity index (χ4v) is 0.869. The largest absolute Gasteiger partial charge is 0.348 e. The molecule has 0 rings (SSSR count). The molecule has 0 saturated carbocycles. The molecule has 0 fully saturated rings. The molecule has 0 aromatic heterocycles. The molecule has 0 radical (unpaired) electrons. The zero-order valence-electron chi connectivity index (χ0n) is 9.44. The maximum atomic E-state index is 11.4. The number of hydrogen-bond donors (Lipinski definition) is 1. The number of nitrogens with one attached hydrogen (secondary N) is 1. The van der Waals surface area contributed by atoms with Crippen molar-refractivity contribution in [1.82, 2.24) is 5.32 Å². The average molecular weight is 197 g/mol. The molecule has 0 bridgehead atoms. The van der Waals surface area contributed by atoms with Gasteiger partial charge in [0.15, 0.2) is 0 Å². The fourth-order valence-electron chi connectivity index (χ4n) is 0.869. The molecule has 80 valence electrons. The Kier molecular flexibility index (Phi) is 4.54. The number of ketones is 1. The molecule has 1 amide bonds. The van der Waals surface area contributed by atoms with Crippen molar-refractivity contribution in [2.24, 2.45) is 0 Å². The van der Waals surface area contributed by atoms with Crippen LogP contribution in [0.4, 0.5) is 0 Å². The van der Waals surface area contributed by atoms with Crippen LogP contribution < -0.4 is 5.32 Å². The molecular formula is C11H19NO2. The van der Waals surface area contributed by atoms with Gasteiger partial charge in [-0.25, -0.2) is 0 Å². The van der Waals surface area contributed by atoms with Gasteiger partial charge in [-0.1, -0.05) is 6.58 Å². The van der Waals surface area contributed by atoms with E-state index < -0.39 is 0 Å². The average Bonchev–Trinajstić information content (AvgIpc) is 1.96. The van der Waals surface area contributed by atoms with Gasteiger partial charge in [-0.2, -0.15) is 0 Å². The second-order valence-electron chi connectivity index (χ2n) is 4.51. The van der Waals surface area contributed by atoms with E-state index in [1.165, 1.54) is 6.92 Å². The molecule has 0 spiro atoms. The van der Waals surface area contributed by atoms with E-state index in [9.17, 15) is 9.59 Å². The van der Waals surface area contributed by atoms with Gasteiger partial charge in [0.25, 0.3) is 0 Å². The molecule has 0 aliphatic carbocycles. The van der Waals surface area contributed by atoms with Crippen LogP contribution in [0, 0.1) is 0 Å². The van der Waals surface area contributed by atoms with Crippen molar-refractivity contribution in [2.75, 3.05) is 0 Å². The summed E-state index contributed by atoms with van der Waals surface area (Å²) >= 11 is 0. The van der Waals surface area contributed by atoms with Crippen molar-refractivity contribution in [3.8, 4) is 0 Å². The lowest BCUT2D eigenvalue weighted by atomic mass is 10.1. The zero-order chi connectivity index (χ0) is 11.4. The fraction of sp³-hybridized carbons (Fsp3) is 0.636. The third-order valence-corrected chi connectivity index (χ3v) is 1.59. The topological polar surface area (TPSA) is 46.2 Å². The van der Waals surface area contributed by atoms with Gasteiger partial charge in [0.05, 0.1) is 0 Å². The maximum Gasteiger partial charge on any atom is 0.247 e. The minimum atomic E-state index is -0.254. The Bertz CT molecular complexity index is 249. The molecular weight excluding hydrogens is 178 g/mol. The number of rotatable bonds is 4. The summed E-state index contributed by atoms with van der Waals surface area (Å²) in [7, 11) is 0. The summed E-state index contributed by atoms with van der Waals surface area (Å²) in [5.74, 6) is -0.0894. The highest BCUT2D eigenvalue weighted by atomic mass is 16.2. The van der Waals surface area contributed by atoms with E-state index in [0.29, 0.717) is 18.4 Å². The van der Waals surface area contributed by atoms with E-state index in [1.807, 2.05) is 20.8 Å². The van der Waals surface area contributed by atoms with E-state index in [4.69, 9.17) is 0 Å². The molecule has 3 nitrogen and oxygen atoms in total. The second kappa shape index (κ2) is 4.94. The predicted molar refractivity (Wildman–Crippen MR) is 57.0 cm³/mol. The van der Waals surface area contributed by atoms with Gasteiger partial charge in [0.1, 0.15) is 5.78 Å². The number of amides is 1. The van der Waals surface area contributed by atoms with Crippen LogP contribution in [0.25, 0.3) is 0 Å². The Labute approximate surface area is 85.6 Å². The maximum absolute atomic E-state index is 11.4. The summed E-state index contributed by atoms with van der Waals surface area (Å²) in [6.07, 6.45) is 0.827. The quantitative estimate of drug-likeness (QED) is 0.699. The third-order valence-electron chi connectivity index (χ3n) is 1.59. The van der Waals surface area contributed by atoms with Gasteiger partial charge in [0, 0.05) is 17.5 Å². The van der Waals surface area contributed by atoms with Crippen LogP contribution in [-0.4, -0.2) is 17.2 Å². The highest BCUT2D eigenvalue weighted by Crippen LogP contribution is 2.06. The molecule has 0 aromatic rings. The predicted octanol–water partition coefficient (Wildman–Crippen LogP) is 1.83. The molecule has 0 aromatic carbocycles. The first-order valence-corrected chi connectivity index (χ1v) is 4.72. The van der Waals surface area contributed by atoms with Crippen molar-refractivity contribution in [2.45, 2.75) is 46.1 Å². The third kappa shape index (κ3) is 6.40. The van der Waals surface area contributed by atoms with Crippen LogP contribution in [0.1, 0.15) is 40.5 Å². The second-order valence-corrected chi connectivity index (χ2v) is 4.51. The van der Waals surface area contributed by atoms with Crippen molar-refractivity contribution < 1.29 is 9.59 Å². The SMILES string of the molecule is C=C(CCC(C)=O)C(=O)NC(C)(C)C. The molecule has 0 saturated heterocycles. The smallest absolute Gasteiger partial charge is 0.247 e. The minimum absolute atomic E-state index is 0.0784. The molecule has 14 heavy (non-hydrogen) atoms. The Hall–Kier alpha value is -1.12. The van der Waals surface area contributed by atoms with Gasteiger partial charge in [0.2, 0.25) is 5.91 Å². The van der Waals surface area contributed by atoms with Crippen molar-refractivity contribution in [3.63, 3.8) is 0 Å². The van der Waals surface area contributed by atoms with E-state index in [2.05, 4.69) is 11.9 Å². The Balaban J connectivity index is 4.01.